The number of aliphatic hydroxyl groups is 1. The molecule has 0 fully saturated rings. The minimum Gasteiger partial charge on any atom is -0.396 e. The molecule has 84 valence electrons. The lowest BCUT2D eigenvalue weighted by Crippen LogP contribution is -2.15. The van der Waals surface area contributed by atoms with E-state index in [-0.39, 0.29) is 6.61 Å². The molecule has 1 aromatic carbocycles. The third-order valence-electron chi connectivity index (χ3n) is 2.08. The molecule has 1 rings (SSSR count). The van der Waals surface area contributed by atoms with Crippen LogP contribution in [0.25, 0.3) is 0 Å². The summed E-state index contributed by atoms with van der Waals surface area (Å²) in [6, 6.07) is 5.76. The van der Waals surface area contributed by atoms with Crippen LogP contribution in [-0.4, -0.2) is 18.3 Å². The lowest BCUT2D eigenvalue weighted by molar-refractivity contribution is 0.283. The molecule has 0 radical (unpaired) electrons. The van der Waals surface area contributed by atoms with Crippen molar-refractivity contribution in [3.8, 4) is 0 Å². The van der Waals surface area contributed by atoms with Crippen molar-refractivity contribution in [2.75, 3.05) is 13.2 Å². The van der Waals surface area contributed by atoms with Crippen LogP contribution in [0.5, 0.6) is 0 Å². The monoisotopic (exact) mass is 291 g/mol. The van der Waals surface area contributed by atoms with E-state index in [9.17, 15) is 0 Å². The Kier molecular flexibility index (Phi) is 6.25. The van der Waals surface area contributed by atoms with Crippen LogP contribution in [0.15, 0.2) is 22.7 Å². The zero-order valence-corrected chi connectivity index (χ0v) is 10.8. The van der Waals surface area contributed by atoms with E-state index in [2.05, 4.69) is 21.2 Å². The fourth-order valence-corrected chi connectivity index (χ4v) is 1.85. The van der Waals surface area contributed by atoms with Gasteiger partial charge in [0.15, 0.2) is 0 Å². The first-order valence-corrected chi connectivity index (χ1v) is 6.16. The van der Waals surface area contributed by atoms with E-state index in [0.717, 1.165) is 41.0 Å². The molecule has 0 saturated heterocycles. The molecule has 0 saturated carbocycles. The van der Waals surface area contributed by atoms with Gasteiger partial charge in [-0.05, 0) is 43.1 Å². The van der Waals surface area contributed by atoms with Gasteiger partial charge >= 0.3 is 0 Å². The Hall–Kier alpha value is -0.0900. The molecule has 2 nitrogen and oxygen atoms in total. The summed E-state index contributed by atoms with van der Waals surface area (Å²) in [5.41, 5.74) is 1.16. The van der Waals surface area contributed by atoms with Crippen LogP contribution in [0.2, 0.25) is 5.02 Å². The minimum absolute atomic E-state index is 0.266. The first kappa shape index (κ1) is 13.0. The molecular weight excluding hydrogens is 277 g/mol. The molecule has 0 unspecified atom stereocenters. The summed E-state index contributed by atoms with van der Waals surface area (Å²) >= 11 is 9.37. The van der Waals surface area contributed by atoms with Crippen molar-refractivity contribution >= 4 is 27.5 Å². The van der Waals surface area contributed by atoms with Gasteiger partial charge in [0.05, 0.1) is 0 Å². The smallest absolute Gasteiger partial charge is 0.0431 e. The summed E-state index contributed by atoms with van der Waals surface area (Å²) in [5.74, 6) is 0. The summed E-state index contributed by atoms with van der Waals surface area (Å²) in [4.78, 5) is 0. The Labute approximate surface area is 104 Å². The molecule has 0 amide bonds. The Balaban J connectivity index is 2.33. The van der Waals surface area contributed by atoms with E-state index >= 15 is 0 Å². The number of halogens is 2. The van der Waals surface area contributed by atoms with Crippen molar-refractivity contribution < 1.29 is 5.11 Å². The Morgan fingerprint density at radius 1 is 1.33 bits per heavy atom. The van der Waals surface area contributed by atoms with Crippen molar-refractivity contribution in [1.29, 1.82) is 0 Å². The first-order chi connectivity index (χ1) is 7.24. The molecular formula is C11H15BrClNO. The van der Waals surface area contributed by atoms with E-state index in [0.29, 0.717) is 0 Å². The fraction of sp³-hybridized carbons (Fsp3) is 0.455. The normalized spacial score (nSPS) is 10.6. The summed E-state index contributed by atoms with van der Waals surface area (Å²) in [6.45, 7) is 1.98. The van der Waals surface area contributed by atoms with Crippen LogP contribution >= 0.6 is 27.5 Å². The summed E-state index contributed by atoms with van der Waals surface area (Å²) in [7, 11) is 0. The van der Waals surface area contributed by atoms with Crippen LogP contribution in [0.1, 0.15) is 18.4 Å². The molecule has 0 bridgehead atoms. The maximum Gasteiger partial charge on any atom is 0.0431 e. The molecule has 0 aromatic heterocycles. The van der Waals surface area contributed by atoms with Crippen molar-refractivity contribution in [2.24, 2.45) is 0 Å². The topological polar surface area (TPSA) is 32.3 Å². The van der Waals surface area contributed by atoms with Crippen LogP contribution in [0.4, 0.5) is 0 Å². The summed E-state index contributed by atoms with van der Waals surface area (Å²) in [5, 5.41) is 12.7. The van der Waals surface area contributed by atoms with E-state index in [4.69, 9.17) is 16.7 Å². The molecule has 0 aliphatic rings. The molecule has 0 atom stereocenters. The van der Waals surface area contributed by atoms with Gasteiger partial charge in [-0.15, -0.1) is 0 Å². The quantitative estimate of drug-likeness (QED) is 0.790. The molecule has 1 aromatic rings. The van der Waals surface area contributed by atoms with Crippen molar-refractivity contribution in [3.63, 3.8) is 0 Å². The number of benzene rings is 1. The highest BCUT2D eigenvalue weighted by Crippen LogP contribution is 2.20. The second-order valence-corrected chi connectivity index (χ2v) is 4.63. The number of rotatable bonds is 6. The van der Waals surface area contributed by atoms with Gasteiger partial charge in [0, 0.05) is 22.6 Å². The van der Waals surface area contributed by atoms with Crippen molar-refractivity contribution in [3.05, 3.63) is 33.3 Å². The van der Waals surface area contributed by atoms with Gasteiger partial charge in [-0.2, -0.15) is 0 Å². The van der Waals surface area contributed by atoms with Gasteiger partial charge < -0.3 is 10.4 Å². The Morgan fingerprint density at radius 2 is 2.13 bits per heavy atom. The first-order valence-electron chi connectivity index (χ1n) is 4.99. The third kappa shape index (κ3) is 4.98. The van der Waals surface area contributed by atoms with Crippen LogP contribution in [0.3, 0.4) is 0 Å². The third-order valence-corrected chi connectivity index (χ3v) is 3.09. The van der Waals surface area contributed by atoms with E-state index in [1.54, 1.807) is 0 Å². The zero-order chi connectivity index (χ0) is 11.1. The fourth-order valence-electron chi connectivity index (χ4n) is 1.26. The standard InChI is InChI=1S/C11H15BrClNO/c12-11-4-3-10(13)7-9(11)8-14-5-1-2-6-15/h3-4,7,14-15H,1-2,5-6,8H2. The number of hydrogen-bond donors (Lipinski definition) is 2. The molecule has 2 N–H and O–H groups in total. The molecule has 0 aliphatic carbocycles. The molecule has 0 aliphatic heterocycles. The average Bonchev–Trinajstić information content (AvgIpc) is 2.23. The van der Waals surface area contributed by atoms with Gasteiger partial charge in [0.25, 0.3) is 0 Å². The van der Waals surface area contributed by atoms with Crippen LogP contribution in [0, 0.1) is 0 Å². The van der Waals surface area contributed by atoms with Crippen LogP contribution < -0.4 is 5.32 Å². The number of unbranched alkanes of at least 4 members (excludes halogenated alkanes) is 1. The summed E-state index contributed by atoms with van der Waals surface area (Å²) in [6.07, 6.45) is 1.85. The van der Waals surface area contributed by atoms with E-state index in [1.165, 1.54) is 0 Å². The number of nitrogens with one attached hydrogen (secondary N) is 1. The predicted molar refractivity (Wildman–Crippen MR) is 67.2 cm³/mol. The van der Waals surface area contributed by atoms with Crippen molar-refractivity contribution in [2.45, 2.75) is 19.4 Å². The van der Waals surface area contributed by atoms with Gasteiger partial charge in [0.2, 0.25) is 0 Å². The number of aliphatic hydroxyl groups excluding tert-OH is 1. The number of hydrogen-bond acceptors (Lipinski definition) is 2. The molecule has 0 heterocycles. The Bertz CT molecular complexity index is 307. The highest BCUT2D eigenvalue weighted by molar-refractivity contribution is 9.10. The SMILES string of the molecule is OCCCCNCc1cc(Cl)ccc1Br. The van der Waals surface area contributed by atoms with Gasteiger partial charge in [-0.3, -0.25) is 0 Å². The maximum absolute atomic E-state index is 8.61. The summed E-state index contributed by atoms with van der Waals surface area (Å²) < 4.78 is 1.07. The second kappa shape index (κ2) is 7.23. The molecule has 4 heteroatoms. The van der Waals surface area contributed by atoms with Crippen LogP contribution in [-0.2, 0) is 6.54 Å². The van der Waals surface area contributed by atoms with E-state index < -0.39 is 0 Å². The maximum atomic E-state index is 8.61. The van der Waals surface area contributed by atoms with Gasteiger partial charge in [0.1, 0.15) is 0 Å². The Morgan fingerprint density at radius 3 is 2.87 bits per heavy atom. The second-order valence-electron chi connectivity index (χ2n) is 3.34. The predicted octanol–water partition coefficient (Wildman–Crippen LogP) is 2.96. The lowest BCUT2D eigenvalue weighted by atomic mass is 10.2. The lowest BCUT2D eigenvalue weighted by Gasteiger charge is -2.06. The molecule has 0 spiro atoms. The highest BCUT2D eigenvalue weighted by Gasteiger charge is 1.99. The van der Waals surface area contributed by atoms with E-state index in [1.807, 2.05) is 18.2 Å². The highest BCUT2D eigenvalue weighted by atomic mass is 79.9. The van der Waals surface area contributed by atoms with Gasteiger partial charge in [-0.25, -0.2) is 0 Å². The largest absolute Gasteiger partial charge is 0.396 e. The minimum atomic E-state index is 0.266. The zero-order valence-electron chi connectivity index (χ0n) is 8.47. The van der Waals surface area contributed by atoms with Crippen molar-refractivity contribution in [1.82, 2.24) is 5.32 Å². The average molecular weight is 293 g/mol. The van der Waals surface area contributed by atoms with Gasteiger partial charge in [-0.1, -0.05) is 27.5 Å². The molecule has 15 heavy (non-hydrogen) atoms.